The Kier molecular flexibility index (Phi) is 5.53. The minimum Gasteiger partial charge on any atom is -0.452 e. The zero-order chi connectivity index (χ0) is 20.4. The smallest absolute Gasteiger partial charge is 0.317 e. The number of hydrogen-bond donors (Lipinski definition) is 0. The van der Waals surface area contributed by atoms with Gasteiger partial charge in [0.25, 0.3) is 5.91 Å². The van der Waals surface area contributed by atoms with Crippen LogP contribution < -0.4 is 4.90 Å². The van der Waals surface area contributed by atoms with E-state index >= 15 is 0 Å². The van der Waals surface area contributed by atoms with Gasteiger partial charge in [-0.15, -0.1) is 0 Å². The molecule has 1 amide bonds. The van der Waals surface area contributed by atoms with Crippen LogP contribution in [-0.2, 0) is 20.7 Å². The fraction of sp³-hybridized carbons (Fsp3) is 0.261. The maximum atomic E-state index is 12.7. The summed E-state index contributed by atoms with van der Waals surface area (Å²) in [6, 6.07) is 17.7. The first-order chi connectivity index (χ1) is 14.0. The van der Waals surface area contributed by atoms with Crippen molar-refractivity contribution >= 4 is 40.2 Å². The highest BCUT2D eigenvalue weighted by Gasteiger charge is 2.29. The topological polar surface area (TPSA) is 59.5 Å². The average Bonchev–Trinajstić information content (AvgIpc) is 3.16. The summed E-state index contributed by atoms with van der Waals surface area (Å²) < 4.78 is 5.40. The predicted molar refractivity (Wildman–Crippen MR) is 115 cm³/mol. The number of amides is 1. The monoisotopic (exact) mass is 406 g/mol. The summed E-state index contributed by atoms with van der Waals surface area (Å²) >= 11 is 1.32. The minimum absolute atomic E-state index is 0.110. The molecule has 0 N–H and O–H groups in total. The van der Waals surface area contributed by atoms with Crippen LogP contribution in [0.1, 0.15) is 18.1 Å². The number of aromatic nitrogens is 1. The van der Waals surface area contributed by atoms with Gasteiger partial charge in [0.2, 0.25) is 0 Å². The summed E-state index contributed by atoms with van der Waals surface area (Å²) in [6.07, 6.45) is 0.00589. The van der Waals surface area contributed by atoms with Gasteiger partial charge in [-0.25, -0.2) is 4.98 Å². The van der Waals surface area contributed by atoms with Gasteiger partial charge < -0.3 is 9.64 Å². The first-order valence-corrected chi connectivity index (χ1v) is 10.6. The van der Waals surface area contributed by atoms with Crippen LogP contribution in [0.2, 0.25) is 0 Å². The van der Waals surface area contributed by atoms with Crippen LogP contribution in [0.15, 0.2) is 59.6 Å². The summed E-state index contributed by atoms with van der Waals surface area (Å²) in [6.45, 7) is 4.28. The Morgan fingerprint density at radius 3 is 2.79 bits per heavy atom. The van der Waals surface area contributed by atoms with Crippen molar-refractivity contribution in [1.82, 2.24) is 4.98 Å². The lowest BCUT2D eigenvalue weighted by Gasteiger charge is -2.21. The Bertz CT molecular complexity index is 1080. The third-order valence-corrected chi connectivity index (χ3v) is 5.93. The van der Waals surface area contributed by atoms with E-state index in [-0.39, 0.29) is 11.7 Å². The maximum absolute atomic E-state index is 12.7. The molecule has 0 unspecified atom stereocenters. The van der Waals surface area contributed by atoms with Gasteiger partial charge in [0, 0.05) is 17.6 Å². The van der Waals surface area contributed by atoms with E-state index in [0.29, 0.717) is 6.54 Å². The van der Waals surface area contributed by atoms with E-state index in [0.717, 1.165) is 39.2 Å². The molecule has 0 fully saturated rings. The molecule has 0 saturated carbocycles. The summed E-state index contributed by atoms with van der Waals surface area (Å²) in [5.74, 6) is -0.497. The van der Waals surface area contributed by atoms with E-state index in [1.807, 2.05) is 61.5 Å². The predicted octanol–water partition coefficient (Wildman–Crippen LogP) is 4.16. The molecular weight excluding hydrogens is 384 g/mol. The van der Waals surface area contributed by atoms with Gasteiger partial charge in [0.1, 0.15) is 0 Å². The van der Waals surface area contributed by atoms with Gasteiger partial charge in [0.05, 0.1) is 16.3 Å². The molecule has 29 heavy (non-hydrogen) atoms. The molecule has 1 atom stereocenters. The van der Waals surface area contributed by atoms with Crippen molar-refractivity contribution in [3.63, 3.8) is 0 Å². The Labute approximate surface area is 174 Å². The van der Waals surface area contributed by atoms with Gasteiger partial charge in [0.15, 0.2) is 6.10 Å². The quantitative estimate of drug-likeness (QED) is 0.470. The lowest BCUT2D eigenvalue weighted by Crippen LogP contribution is -2.39. The van der Waals surface area contributed by atoms with Crippen molar-refractivity contribution < 1.29 is 14.3 Å². The summed E-state index contributed by atoms with van der Waals surface area (Å²) in [7, 11) is 0. The number of esters is 1. The SMILES string of the molecule is Cc1cc(SCC(=O)O[C@@H](C)C(=O)N2CCc3ccccc32)nc2ccccc12. The number of nitrogens with zero attached hydrogens (tertiary/aromatic N) is 2. The molecule has 5 nitrogen and oxygen atoms in total. The van der Waals surface area contributed by atoms with E-state index < -0.39 is 12.1 Å². The highest BCUT2D eigenvalue weighted by molar-refractivity contribution is 7.99. The number of pyridine rings is 1. The molecule has 1 aromatic heterocycles. The first-order valence-electron chi connectivity index (χ1n) is 9.61. The number of anilines is 1. The zero-order valence-electron chi connectivity index (χ0n) is 16.4. The molecule has 0 bridgehead atoms. The number of thioether (sulfide) groups is 1. The third kappa shape index (κ3) is 4.12. The summed E-state index contributed by atoms with van der Waals surface area (Å²) in [5.41, 5.74) is 4.07. The molecule has 4 rings (SSSR count). The Morgan fingerprint density at radius 2 is 1.93 bits per heavy atom. The lowest BCUT2D eigenvalue weighted by atomic mass is 10.1. The standard InChI is InChI=1S/C23H22N2O3S/c1-15-13-21(24-19-9-5-4-8-18(15)19)29-14-22(26)28-16(2)23(27)25-12-11-17-7-3-6-10-20(17)25/h3-10,13,16H,11-12,14H2,1-2H3/t16-/m0/s1. The molecular formula is C23H22N2O3S. The van der Waals surface area contributed by atoms with E-state index in [1.54, 1.807) is 11.8 Å². The first kappa shape index (κ1) is 19.5. The molecule has 6 heteroatoms. The molecule has 2 heterocycles. The van der Waals surface area contributed by atoms with Crippen molar-refractivity contribution in [3.05, 3.63) is 65.7 Å². The second-order valence-electron chi connectivity index (χ2n) is 7.08. The summed E-state index contributed by atoms with van der Waals surface area (Å²) in [4.78, 5) is 31.3. The number of para-hydroxylation sites is 2. The van der Waals surface area contributed by atoms with Crippen molar-refractivity contribution in [2.75, 3.05) is 17.2 Å². The van der Waals surface area contributed by atoms with E-state index in [1.165, 1.54) is 11.8 Å². The molecule has 2 aromatic carbocycles. The number of benzene rings is 2. The van der Waals surface area contributed by atoms with Gasteiger partial charge in [-0.3, -0.25) is 9.59 Å². The van der Waals surface area contributed by atoms with Gasteiger partial charge in [-0.05, 0) is 49.6 Å². The lowest BCUT2D eigenvalue weighted by molar-refractivity contribution is -0.151. The molecule has 1 aliphatic heterocycles. The van der Waals surface area contributed by atoms with Gasteiger partial charge in [-0.1, -0.05) is 48.2 Å². The van der Waals surface area contributed by atoms with Crippen LogP contribution >= 0.6 is 11.8 Å². The van der Waals surface area contributed by atoms with Crippen molar-refractivity contribution in [2.45, 2.75) is 31.4 Å². The number of carbonyl (C=O) groups is 2. The number of ether oxygens (including phenoxy) is 1. The van der Waals surface area contributed by atoms with Gasteiger partial charge in [-0.2, -0.15) is 0 Å². The number of rotatable bonds is 5. The average molecular weight is 407 g/mol. The molecule has 0 saturated heterocycles. The fourth-order valence-electron chi connectivity index (χ4n) is 3.59. The summed E-state index contributed by atoms with van der Waals surface area (Å²) in [5, 5.41) is 1.87. The molecule has 0 spiro atoms. The fourth-order valence-corrected chi connectivity index (χ4v) is 4.35. The van der Waals surface area contributed by atoms with Crippen molar-refractivity contribution in [3.8, 4) is 0 Å². The molecule has 1 aliphatic rings. The van der Waals surface area contributed by atoms with Crippen molar-refractivity contribution in [2.24, 2.45) is 0 Å². The highest BCUT2D eigenvalue weighted by atomic mass is 32.2. The molecule has 0 radical (unpaired) electrons. The van der Waals surface area contributed by atoms with E-state index in [2.05, 4.69) is 4.98 Å². The maximum Gasteiger partial charge on any atom is 0.317 e. The van der Waals surface area contributed by atoms with Crippen LogP contribution in [0.4, 0.5) is 5.69 Å². The van der Waals surface area contributed by atoms with Crippen LogP contribution in [0.3, 0.4) is 0 Å². The second-order valence-corrected chi connectivity index (χ2v) is 8.08. The van der Waals surface area contributed by atoms with Crippen LogP contribution in [-0.4, -0.2) is 35.3 Å². The highest BCUT2D eigenvalue weighted by Crippen LogP contribution is 2.28. The molecule has 3 aromatic rings. The van der Waals surface area contributed by atoms with Crippen LogP contribution in [0.5, 0.6) is 0 Å². The van der Waals surface area contributed by atoms with E-state index in [9.17, 15) is 9.59 Å². The number of fused-ring (bicyclic) bond motifs is 2. The van der Waals surface area contributed by atoms with E-state index in [4.69, 9.17) is 4.74 Å². The largest absolute Gasteiger partial charge is 0.452 e. The van der Waals surface area contributed by atoms with Crippen molar-refractivity contribution in [1.29, 1.82) is 0 Å². The third-order valence-electron chi connectivity index (χ3n) is 5.05. The normalized spacial score (nSPS) is 13.9. The zero-order valence-corrected chi connectivity index (χ0v) is 17.2. The number of carbonyl (C=O) groups excluding carboxylic acids is 2. The Balaban J connectivity index is 1.36. The molecule has 148 valence electrons. The van der Waals surface area contributed by atoms with Gasteiger partial charge >= 0.3 is 5.97 Å². The Hall–Kier alpha value is -2.86. The van der Waals surface area contributed by atoms with Crippen LogP contribution in [0, 0.1) is 6.92 Å². The Morgan fingerprint density at radius 1 is 1.17 bits per heavy atom. The second kappa shape index (κ2) is 8.25. The number of hydrogen-bond acceptors (Lipinski definition) is 5. The minimum atomic E-state index is -0.819. The number of aryl methyl sites for hydroxylation is 1. The molecule has 0 aliphatic carbocycles. The van der Waals surface area contributed by atoms with Crippen LogP contribution in [0.25, 0.3) is 10.9 Å².